The topological polar surface area (TPSA) is 92.7 Å². The van der Waals surface area contributed by atoms with E-state index >= 15 is 0 Å². The first kappa shape index (κ1) is 18.7. The summed E-state index contributed by atoms with van der Waals surface area (Å²) in [6, 6.07) is 11.0. The fourth-order valence-corrected chi connectivity index (χ4v) is 1.97. The molecule has 1 aromatic carbocycles. The highest BCUT2D eigenvalue weighted by molar-refractivity contribution is 5.91. The van der Waals surface area contributed by atoms with Crippen molar-refractivity contribution in [2.45, 2.75) is 6.92 Å². The van der Waals surface area contributed by atoms with Gasteiger partial charge < -0.3 is 25.2 Å². The number of aromatic nitrogens is 1. The minimum Gasteiger partial charge on any atom is -0.484 e. The van der Waals surface area contributed by atoms with E-state index in [0.717, 1.165) is 5.56 Å². The molecule has 1 heterocycles. The molecule has 2 aromatic rings. The van der Waals surface area contributed by atoms with Gasteiger partial charge in [-0.15, -0.1) is 0 Å². The fraction of sp³-hybridized carbons (Fsp3) is 0.333. The van der Waals surface area contributed by atoms with E-state index in [9.17, 15) is 4.79 Å². The van der Waals surface area contributed by atoms with Crippen molar-refractivity contribution in [2.24, 2.45) is 0 Å². The molecule has 1 amide bonds. The highest BCUT2D eigenvalue weighted by Crippen LogP contribution is 2.12. The highest BCUT2D eigenvalue weighted by atomic mass is 16.5. The van der Waals surface area contributed by atoms with Crippen LogP contribution in [0.4, 0.5) is 11.5 Å². The average molecular weight is 345 g/mol. The minimum atomic E-state index is -0.250. The second-order valence-corrected chi connectivity index (χ2v) is 5.34. The van der Waals surface area contributed by atoms with Gasteiger partial charge in [-0.2, -0.15) is 0 Å². The molecule has 0 saturated heterocycles. The third kappa shape index (κ3) is 7.19. The van der Waals surface area contributed by atoms with Crippen LogP contribution in [0.5, 0.6) is 5.75 Å². The molecule has 25 heavy (non-hydrogen) atoms. The molecule has 7 nitrogen and oxygen atoms in total. The monoisotopic (exact) mass is 345 g/mol. The molecule has 0 aliphatic heterocycles. The SMILES string of the molecule is Cc1ccc(OCC(=O)Nc2ccc(NCCOCCO)nc2)cc1. The van der Waals surface area contributed by atoms with E-state index in [2.05, 4.69) is 15.6 Å². The number of hydrogen-bond acceptors (Lipinski definition) is 6. The molecular formula is C18H23N3O4. The van der Waals surface area contributed by atoms with Crippen molar-refractivity contribution in [2.75, 3.05) is 43.6 Å². The van der Waals surface area contributed by atoms with Crippen LogP contribution in [0, 0.1) is 6.92 Å². The van der Waals surface area contributed by atoms with Crippen LogP contribution in [0.1, 0.15) is 5.56 Å². The van der Waals surface area contributed by atoms with E-state index in [1.165, 1.54) is 0 Å². The predicted octanol–water partition coefficient (Wildman–Crippen LogP) is 1.83. The largest absolute Gasteiger partial charge is 0.484 e. The molecule has 0 bridgehead atoms. The Morgan fingerprint density at radius 1 is 1.16 bits per heavy atom. The maximum atomic E-state index is 11.9. The number of nitrogens with one attached hydrogen (secondary N) is 2. The van der Waals surface area contributed by atoms with Gasteiger partial charge in [0, 0.05) is 6.54 Å². The quantitative estimate of drug-likeness (QED) is 0.569. The molecule has 134 valence electrons. The van der Waals surface area contributed by atoms with Crippen LogP contribution in [0.2, 0.25) is 0 Å². The fourth-order valence-electron chi connectivity index (χ4n) is 1.97. The number of anilines is 2. The molecule has 0 radical (unpaired) electrons. The van der Waals surface area contributed by atoms with E-state index < -0.39 is 0 Å². The number of aliphatic hydroxyl groups is 1. The van der Waals surface area contributed by atoms with Gasteiger partial charge in [-0.1, -0.05) is 17.7 Å². The van der Waals surface area contributed by atoms with Gasteiger partial charge in [-0.3, -0.25) is 4.79 Å². The van der Waals surface area contributed by atoms with Crippen LogP contribution in [0.15, 0.2) is 42.6 Å². The normalized spacial score (nSPS) is 10.3. The zero-order chi connectivity index (χ0) is 17.9. The van der Waals surface area contributed by atoms with E-state index in [-0.39, 0.29) is 19.1 Å². The lowest BCUT2D eigenvalue weighted by Crippen LogP contribution is -2.20. The second-order valence-electron chi connectivity index (χ2n) is 5.34. The molecule has 0 fully saturated rings. The number of carbonyl (C=O) groups is 1. The van der Waals surface area contributed by atoms with Crippen LogP contribution in [0.25, 0.3) is 0 Å². The molecule has 7 heteroatoms. The number of hydrogen-bond donors (Lipinski definition) is 3. The number of aliphatic hydroxyl groups excluding tert-OH is 1. The van der Waals surface area contributed by atoms with Gasteiger partial charge in [-0.25, -0.2) is 4.98 Å². The van der Waals surface area contributed by atoms with E-state index in [4.69, 9.17) is 14.6 Å². The highest BCUT2D eigenvalue weighted by Gasteiger charge is 2.04. The Balaban J connectivity index is 1.70. The van der Waals surface area contributed by atoms with Gasteiger partial charge in [0.05, 0.1) is 31.7 Å². The molecule has 0 atom stereocenters. The second kappa shape index (κ2) is 10.3. The summed E-state index contributed by atoms with van der Waals surface area (Å²) in [6.07, 6.45) is 1.57. The third-order valence-electron chi connectivity index (χ3n) is 3.23. The maximum Gasteiger partial charge on any atom is 0.262 e. The van der Waals surface area contributed by atoms with Gasteiger partial charge in [0.15, 0.2) is 6.61 Å². The van der Waals surface area contributed by atoms with Crippen LogP contribution in [0.3, 0.4) is 0 Å². The average Bonchev–Trinajstić information content (AvgIpc) is 2.62. The summed E-state index contributed by atoms with van der Waals surface area (Å²) in [6.45, 7) is 3.33. The number of pyridine rings is 1. The van der Waals surface area contributed by atoms with E-state index in [1.807, 2.05) is 31.2 Å². The number of ether oxygens (including phenoxy) is 2. The van der Waals surface area contributed by atoms with Crippen molar-refractivity contribution in [1.29, 1.82) is 0 Å². The Morgan fingerprint density at radius 2 is 1.96 bits per heavy atom. The summed E-state index contributed by atoms with van der Waals surface area (Å²) in [4.78, 5) is 16.1. The first-order valence-corrected chi connectivity index (χ1v) is 8.05. The zero-order valence-corrected chi connectivity index (χ0v) is 14.2. The molecule has 0 unspecified atom stereocenters. The van der Waals surface area contributed by atoms with Crippen molar-refractivity contribution in [1.82, 2.24) is 4.98 Å². The molecule has 1 aromatic heterocycles. The summed E-state index contributed by atoms with van der Waals surface area (Å²) in [5, 5.41) is 14.4. The summed E-state index contributed by atoms with van der Waals surface area (Å²) in [7, 11) is 0. The Kier molecular flexibility index (Phi) is 7.68. The van der Waals surface area contributed by atoms with Gasteiger partial charge in [0.1, 0.15) is 11.6 Å². The molecule has 0 spiro atoms. The summed E-state index contributed by atoms with van der Waals surface area (Å²) in [5.74, 6) is 1.09. The van der Waals surface area contributed by atoms with Crippen LogP contribution < -0.4 is 15.4 Å². The number of benzene rings is 1. The first-order chi connectivity index (χ1) is 12.2. The molecule has 0 aliphatic carbocycles. The molecule has 2 rings (SSSR count). The van der Waals surface area contributed by atoms with Crippen LogP contribution in [-0.4, -0.2) is 49.0 Å². The standard InChI is InChI=1S/C18H23N3O4/c1-14-2-5-16(6-3-14)25-13-18(23)21-15-4-7-17(20-12-15)19-8-10-24-11-9-22/h2-7,12,22H,8-11,13H2,1H3,(H,19,20)(H,21,23). The lowest BCUT2D eigenvalue weighted by atomic mass is 10.2. The number of rotatable bonds is 10. The summed E-state index contributed by atoms with van der Waals surface area (Å²) < 4.78 is 10.6. The Labute approximate surface area is 147 Å². The van der Waals surface area contributed by atoms with E-state index in [1.54, 1.807) is 18.3 Å². The predicted molar refractivity (Wildman–Crippen MR) is 95.9 cm³/mol. The van der Waals surface area contributed by atoms with Gasteiger partial charge in [-0.05, 0) is 31.2 Å². The van der Waals surface area contributed by atoms with Crippen molar-refractivity contribution < 1.29 is 19.4 Å². The van der Waals surface area contributed by atoms with Crippen molar-refractivity contribution >= 4 is 17.4 Å². The van der Waals surface area contributed by atoms with Crippen molar-refractivity contribution in [3.05, 3.63) is 48.2 Å². The smallest absolute Gasteiger partial charge is 0.262 e. The summed E-state index contributed by atoms with van der Waals surface area (Å²) in [5.41, 5.74) is 1.73. The Morgan fingerprint density at radius 3 is 2.64 bits per heavy atom. The van der Waals surface area contributed by atoms with Crippen molar-refractivity contribution in [3.63, 3.8) is 0 Å². The Hall–Kier alpha value is -2.64. The number of nitrogens with zero attached hydrogens (tertiary/aromatic N) is 1. The van der Waals surface area contributed by atoms with E-state index in [0.29, 0.717) is 37.0 Å². The first-order valence-electron chi connectivity index (χ1n) is 8.05. The third-order valence-corrected chi connectivity index (χ3v) is 3.23. The van der Waals surface area contributed by atoms with Gasteiger partial charge in [0.25, 0.3) is 5.91 Å². The van der Waals surface area contributed by atoms with Gasteiger partial charge in [0.2, 0.25) is 0 Å². The molecular weight excluding hydrogens is 322 g/mol. The van der Waals surface area contributed by atoms with Gasteiger partial charge >= 0.3 is 0 Å². The van der Waals surface area contributed by atoms with Crippen molar-refractivity contribution in [3.8, 4) is 5.75 Å². The lowest BCUT2D eigenvalue weighted by molar-refractivity contribution is -0.118. The molecule has 0 aliphatic rings. The Bertz CT molecular complexity index is 644. The van der Waals surface area contributed by atoms with Crippen LogP contribution in [-0.2, 0) is 9.53 Å². The molecule has 3 N–H and O–H groups in total. The zero-order valence-electron chi connectivity index (χ0n) is 14.2. The number of aryl methyl sites for hydroxylation is 1. The molecule has 0 saturated carbocycles. The number of carbonyl (C=O) groups excluding carboxylic acids is 1. The minimum absolute atomic E-state index is 0.0142. The van der Waals surface area contributed by atoms with Crippen LogP contribution >= 0.6 is 0 Å². The maximum absolute atomic E-state index is 11.9. The summed E-state index contributed by atoms with van der Waals surface area (Å²) >= 11 is 0. The lowest BCUT2D eigenvalue weighted by Gasteiger charge is -2.09. The number of amides is 1.